The fourth-order valence-electron chi connectivity index (χ4n) is 1.64. The summed E-state index contributed by atoms with van der Waals surface area (Å²) in [6.45, 7) is 6.59. The van der Waals surface area contributed by atoms with Gasteiger partial charge in [0, 0.05) is 16.7 Å². The van der Waals surface area contributed by atoms with Gasteiger partial charge in [0.25, 0.3) is 0 Å². The van der Waals surface area contributed by atoms with Gasteiger partial charge in [-0.1, -0.05) is 29.8 Å². The van der Waals surface area contributed by atoms with E-state index in [9.17, 15) is 0 Å². The molecule has 0 saturated carbocycles. The van der Waals surface area contributed by atoms with Gasteiger partial charge in [-0.2, -0.15) is 0 Å². The van der Waals surface area contributed by atoms with Crippen LogP contribution in [0, 0.1) is 5.92 Å². The molecule has 0 aliphatic rings. The number of nitrogens with zero attached hydrogens (tertiary/aromatic N) is 1. The minimum Gasteiger partial charge on any atom is -0.399 e. The van der Waals surface area contributed by atoms with E-state index in [1.54, 1.807) is 0 Å². The predicted octanol–water partition coefficient (Wildman–Crippen LogP) is 3.51. The van der Waals surface area contributed by atoms with Crippen LogP contribution in [-0.2, 0) is 6.54 Å². The second-order valence-electron chi connectivity index (χ2n) is 4.81. The molecule has 0 atom stereocenters. The zero-order valence-corrected chi connectivity index (χ0v) is 11.9. The van der Waals surface area contributed by atoms with E-state index < -0.39 is 0 Å². The lowest BCUT2D eigenvalue weighted by molar-refractivity contribution is 0.303. The summed E-state index contributed by atoms with van der Waals surface area (Å²) < 4.78 is 1.06. The van der Waals surface area contributed by atoms with Crippen molar-refractivity contribution in [2.75, 3.05) is 19.3 Å². The molecular weight excluding hydrogens is 264 g/mol. The summed E-state index contributed by atoms with van der Waals surface area (Å²) in [4.78, 5) is 2.33. The molecule has 1 aromatic rings. The molecule has 0 unspecified atom stereocenters. The fraction of sp³-hybridized carbons (Fsp3) is 0.538. The molecule has 0 amide bonds. The summed E-state index contributed by atoms with van der Waals surface area (Å²) in [7, 11) is 2.15. The summed E-state index contributed by atoms with van der Waals surface area (Å²) in [6.07, 6.45) is 1.24. The Labute approximate surface area is 107 Å². The van der Waals surface area contributed by atoms with Crippen molar-refractivity contribution in [3.8, 4) is 0 Å². The maximum atomic E-state index is 5.81. The van der Waals surface area contributed by atoms with Crippen molar-refractivity contribution in [1.29, 1.82) is 0 Å². The van der Waals surface area contributed by atoms with Crippen LogP contribution in [-0.4, -0.2) is 18.5 Å². The summed E-state index contributed by atoms with van der Waals surface area (Å²) in [6, 6.07) is 6.09. The van der Waals surface area contributed by atoms with Crippen molar-refractivity contribution < 1.29 is 0 Å². The van der Waals surface area contributed by atoms with Crippen LogP contribution in [0.4, 0.5) is 5.69 Å². The fourth-order valence-corrected chi connectivity index (χ4v) is 2.19. The lowest BCUT2D eigenvalue weighted by Gasteiger charge is -2.18. The van der Waals surface area contributed by atoms with E-state index in [1.165, 1.54) is 12.0 Å². The van der Waals surface area contributed by atoms with Crippen LogP contribution < -0.4 is 5.73 Å². The van der Waals surface area contributed by atoms with Crippen molar-refractivity contribution >= 4 is 21.6 Å². The molecule has 1 rings (SSSR count). The van der Waals surface area contributed by atoms with Crippen LogP contribution in [0.1, 0.15) is 25.8 Å². The number of halogens is 1. The molecule has 1 aromatic carbocycles. The normalized spacial score (nSPS) is 11.4. The van der Waals surface area contributed by atoms with E-state index in [1.807, 2.05) is 12.1 Å². The van der Waals surface area contributed by atoms with E-state index in [0.717, 1.165) is 29.2 Å². The standard InChI is InChI=1S/C13H21BrN2/c1-10(2)4-5-16(3)9-11-6-12(14)8-13(15)7-11/h6-8,10H,4-5,9,15H2,1-3H3. The SMILES string of the molecule is CC(C)CCN(C)Cc1cc(N)cc(Br)c1. The monoisotopic (exact) mass is 284 g/mol. The quantitative estimate of drug-likeness (QED) is 0.839. The van der Waals surface area contributed by atoms with Gasteiger partial charge in [-0.3, -0.25) is 0 Å². The Morgan fingerprint density at radius 1 is 1.31 bits per heavy atom. The molecule has 0 fully saturated rings. The number of hydrogen-bond acceptors (Lipinski definition) is 2. The average molecular weight is 285 g/mol. The molecule has 2 N–H and O–H groups in total. The van der Waals surface area contributed by atoms with E-state index in [4.69, 9.17) is 5.73 Å². The van der Waals surface area contributed by atoms with Gasteiger partial charge in [0.1, 0.15) is 0 Å². The number of nitrogens with two attached hydrogens (primary N) is 1. The van der Waals surface area contributed by atoms with Crippen molar-refractivity contribution in [2.24, 2.45) is 5.92 Å². The lowest BCUT2D eigenvalue weighted by Crippen LogP contribution is -2.20. The molecular formula is C13H21BrN2. The largest absolute Gasteiger partial charge is 0.399 e. The number of nitrogen functional groups attached to an aromatic ring is 1. The van der Waals surface area contributed by atoms with Crippen LogP contribution >= 0.6 is 15.9 Å². The van der Waals surface area contributed by atoms with Gasteiger partial charge in [0.2, 0.25) is 0 Å². The first-order valence-corrected chi connectivity index (χ1v) is 6.50. The average Bonchev–Trinajstić information content (AvgIpc) is 2.12. The van der Waals surface area contributed by atoms with Crippen molar-refractivity contribution in [1.82, 2.24) is 4.90 Å². The van der Waals surface area contributed by atoms with Crippen LogP contribution in [0.2, 0.25) is 0 Å². The van der Waals surface area contributed by atoms with Crippen LogP contribution in [0.3, 0.4) is 0 Å². The molecule has 0 aromatic heterocycles. The van der Waals surface area contributed by atoms with E-state index in [0.29, 0.717) is 0 Å². The molecule has 2 nitrogen and oxygen atoms in total. The lowest BCUT2D eigenvalue weighted by atomic mass is 10.1. The number of rotatable bonds is 5. The molecule has 0 spiro atoms. The maximum absolute atomic E-state index is 5.81. The molecule has 90 valence electrons. The molecule has 0 heterocycles. The van der Waals surface area contributed by atoms with Gasteiger partial charge in [-0.15, -0.1) is 0 Å². The van der Waals surface area contributed by atoms with Gasteiger partial charge in [-0.25, -0.2) is 0 Å². The van der Waals surface area contributed by atoms with Gasteiger partial charge in [0.15, 0.2) is 0 Å². The third kappa shape index (κ3) is 4.99. The Morgan fingerprint density at radius 2 is 2.00 bits per heavy atom. The van der Waals surface area contributed by atoms with Gasteiger partial charge in [0.05, 0.1) is 0 Å². The number of hydrogen-bond donors (Lipinski definition) is 1. The van der Waals surface area contributed by atoms with Gasteiger partial charge >= 0.3 is 0 Å². The smallest absolute Gasteiger partial charge is 0.0328 e. The van der Waals surface area contributed by atoms with Crippen LogP contribution in [0.25, 0.3) is 0 Å². The van der Waals surface area contributed by atoms with Crippen molar-refractivity contribution in [3.05, 3.63) is 28.2 Å². The molecule has 0 aliphatic carbocycles. The topological polar surface area (TPSA) is 29.3 Å². The summed E-state index contributed by atoms with van der Waals surface area (Å²) >= 11 is 3.47. The van der Waals surface area contributed by atoms with Crippen molar-refractivity contribution in [2.45, 2.75) is 26.8 Å². The first-order chi connectivity index (χ1) is 7.47. The minimum absolute atomic E-state index is 0.759. The second kappa shape index (κ2) is 6.26. The van der Waals surface area contributed by atoms with Crippen molar-refractivity contribution in [3.63, 3.8) is 0 Å². The predicted molar refractivity (Wildman–Crippen MR) is 74.3 cm³/mol. The Morgan fingerprint density at radius 3 is 2.56 bits per heavy atom. The minimum atomic E-state index is 0.759. The molecule has 0 aliphatic heterocycles. The van der Waals surface area contributed by atoms with Crippen LogP contribution in [0.5, 0.6) is 0 Å². The second-order valence-corrected chi connectivity index (χ2v) is 5.73. The first-order valence-electron chi connectivity index (χ1n) is 5.71. The first kappa shape index (κ1) is 13.5. The molecule has 0 bridgehead atoms. The molecule has 3 heteroatoms. The highest BCUT2D eigenvalue weighted by atomic mass is 79.9. The highest BCUT2D eigenvalue weighted by Gasteiger charge is 2.03. The van der Waals surface area contributed by atoms with Gasteiger partial charge in [-0.05, 0) is 49.7 Å². The Balaban J connectivity index is 2.52. The third-order valence-corrected chi connectivity index (χ3v) is 2.98. The third-order valence-electron chi connectivity index (χ3n) is 2.52. The molecule has 0 saturated heterocycles. The zero-order chi connectivity index (χ0) is 12.1. The maximum Gasteiger partial charge on any atom is 0.0328 e. The number of anilines is 1. The van der Waals surface area contributed by atoms with E-state index in [-0.39, 0.29) is 0 Å². The summed E-state index contributed by atoms with van der Waals surface area (Å²) in [5.74, 6) is 0.759. The zero-order valence-electron chi connectivity index (χ0n) is 10.3. The number of benzene rings is 1. The van der Waals surface area contributed by atoms with Crippen LogP contribution in [0.15, 0.2) is 22.7 Å². The summed E-state index contributed by atoms with van der Waals surface area (Å²) in [5, 5.41) is 0. The summed E-state index contributed by atoms with van der Waals surface area (Å²) in [5.41, 5.74) is 7.89. The van der Waals surface area contributed by atoms with Gasteiger partial charge < -0.3 is 10.6 Å². The molecule has 0 radical (unpaired) electrons. The van der Waals surface area contributed by atoms with E-state index in [2.05, 4.69) is 47.8 Å². The highest BCUT2D eigenvalue weighted by Crippen LogP contribution is 2.18. The molecule has 16 heavy (non-hydrogen) atoms. The Kier molecular flexibility index (Phi) is 5.29. The Bertz CT molecular complexity index is 316. The highest BCUT2D eigenvalue weighted by molar-refractivity contribution is 9.10. The van der Waals surface area contributed by atoms with E-state index >= 15 is 0 Å². The Hall–Kier alpha value is -0.540.